The predicted octanol–water partition coefficient (Wildman–Crippen LogP) is 2.73. The second-order valence-corrected chi connectivity index (χ2v) is 5.93. The summed E-state index contributed by atoms with van der Waals surface area (Å²) in [7, 11) is 0. The lowest BCUT2D eigenvalue weighted by molar-refractivity contribution is 0.0683. The maximum absolute atomic E-state index is 6.17. The molecule has 0 bridgehead atoms. The van der Waals surface area contributed by atoms with Crippen LogP contribution in [0.2, 0.25) is 0 Å². The molecular weight excluding hydrogens is 244 g/mol. The van der Waals surface area contributed by atoms with E-state index in [1.165, 1.54) is 10.4 Å². The Bertz CT molecular complexity index is 418. The fourth-order valence-corrected chi connectivity index (χ4v) is 3.62. The standard InChI is InChI=1S/C14H20N2OS/c1-2-13(16-7-3-4-8-16)17-14-9-11-5-6-15-10-12(11)18-14/h3,7,9,13,15H,2,4-6,8,10H2,1H3. The summed E-state index contributed by atoms with van der Waals surface area (Å²) in [6, 6.07) is 2.24. The molecule has 1 N–H and O–H groups in total. The fraction of sp³-hybridized carbons (Fsp3) is 0.571. The molecule has 0 saturated heterocycles. The Morgan fingerprint density at radius 2 is 2.50 bits per heavy atom. The first-order valence-electron chi connectivity index (χ1n) is 6.78. The maximum Gasteiger partial charge on any atom is 0.177 e. The first kappa shape index (κ1) is 12.1. The third kappa shape index (κ3) is 2.40. The number of thiophene rings is 1. The molecule has 0 amide bonds. The van der Waals surface area contributed by atoms with Gasteiger partial charge in [0.15, 0.2) is 11.3 Å². The summed E-state index contributed by atoms with van der Waals surface area (Å²) in [6.45, 7) is 5.37. The average molecular weight is 264 g/mol. The lowest BCUT2D eigenvalue weighted by atomic mass is 10.1. The van der Waals surface area contributed by atoms with Crippen molar-refractivity contribution in [2.45, 2.75) is 39.0 Å². The van der Waals surface area contributed by atoms with E-state index < -0.39 is 0 Å². The molecule has 3 nitrogen and oxygen atoms in total. The maximum atomic E-state index is 6.17. The molecule has 0 aromatic carbocycles. The molecule has 0 spiro atoms. The van der Waals surface area contributed by atoms with Gasteiger partial charge in [0.2, 0.25) is 0 Å². The van der Waals surface area contributed by atoms with Crippen LogP contribution in [-0.4, -0.2) is 24.2 Å². The van der Waals surface area contributed by atoms with Crippen LogP contribution in [0.3, 0.4) is 0 Å². The minimum absolute atomic E-state index is 0.191. The molecule has 1 aromatic heterocycles. The van der Waals surface area contributed by atoms with Gasteiger partial charge < -0.3 is 15.0 Å². The van der Waals surface area contributed by atoms with Crippen LogP contribution < -0.4 is 10.1 Å². The lowest BCUT2D eigenvalue weighted by Gasteiger charge is -2.26. The van der Waals surface area contributed by atoms with E-state index >= 15 is 0 Å². The monoisotopic (exact) mass is 264 g/mol. The number of nitrogens with one attached hydrogen (secondary N) is 1. The summed E-state index contributed by atoms with van der Waals surface area (Å²) in [6.07, 6.45) is 7.88. The van der Waals surface area contributed by atoms with E-state index in [-0.39, 0.29) is 6.23 Å². The highest BCUT2D eigenvalue weighted by atomic mass is 32.1. The zero-order chi connectivity index (χ0) is 12.4. The van der Waals surface area contributed by atoms with Crippen LogP contribution in [-0.2, 0) is 13.0 Å². The van der Waals surface area contributed by atoms with E-state index in [1.807, 2.05) is 0 Å². The quantitative estimate of drug-likeness (QED) is 0.905. The molecule has 0 aliphatic carbocycles. The Hall–Kier alpha value is -1.00. The Labute approximate surface area is 112 Å². The van der Waals surface area contributed by atoms with Gasteiger partial charge in [0.1, 0.15) is 0 Å². The van der Waals surface area contributed by atoms with E-state index in [4.69, 9.17) is 4.74 Å². The SMILES string of the molecule is CCC(Oc1cc2c(s1)CNCC2)N1C=CCC1. The van der Waals surface area contributed by atoms with Gasteiger partial charge in [0, 0.05) is 24.4 Å². The van der Waals surface area contributed by atoms with Gasteiger partial charge in [0.25, 0.3) is 0 Å². The topological polar surface area (TPSA) is 24.5 Å². The lowest BCUT2D eigenvalue weighted by Crippen LogP contribution is -2.33. The molecule has 1 unspecified atom stereocenters. The summed E-state index contributed by atoms with van der Waals surface area (Å²) in [4.78, 5) is 3.75. The zero-order valence-corrected chi connectivity index (χ0v) is 11.6. The normalized spacial score (nSPS) is 19.9. The van der Waals surface area contributed by atoms with Gasteiger partial charge in [0.05, 0.1) is 0 Å². The second-order valence-electron chi connectivity index (χ2n) is 4.83. The van der Waals surface area contributed by atoms with Gasteiger partial charge in [-0.25, -0.2) is 0 Å². The first-order valence-corrected chi connectivity index (χ1v) is 7.60. The number of nitrogens with zero attached hydrogens (tertiary/aromatic N) is 1. The van der Waals surface area contributed by atoms with Crippen LogP contribution in [0.15, 0.2) is 18.3 Å². The fourth-order valence-electron chi connectivity index (χ4n) is 2.55. The molecule has 2 aliphatic heterocycles. The van der Waals surface area contributed by atoms with E-state index in [0.717, 1.165) is 44.0 Å². The van der Waals surface area contributed by atoms with E-state index in [0.29, 0.717) is 0 Å². The number of hydrogen-bond acceptors (Lipinski definition) is 4. The molecule has 0 radical (unpaired) electrons. The van der Waals surface area contributed by atoms with E-state index in [9.17, 15) is 0 Å². The Morgan fingerprint density at radius 1 is 1.56 bits per heavy atom. The summed E-state index contributed by atoms with van der Waals surface area (Å²) < 4.78 is 6.17. The van der Waals surface area contributed by atoms with E-state index in [1.54, 1.807) is 11.3 Å². The van der Waals surface area contributed by atoms with Gasteiger partial charge in [-0.3, -0.25) is 0 Å². The Morgan fingerprint density at radius 3 is 3.22 bits per heavy atom. The smallest absolute Gasteiger partial charge is 0.177 e. The molecule has 3 heterocycles. The highest BCUT2D eigenvalue weighted by molar-refractivity contribution is 7.14. The number of hydrogen-bond donors (Lipinski definition) is 1. The molecule has 1 atom stereocenters. The van der Waals surface area contributed by atoms with Crippen LogP contribution >= 0.6 is 11.3 Å². The van der Waals surface area contributed by atoms with Gasteiger partial charge in [-0.05, 0) is 37.2 Å². The molecule has 3 rings (SSSR count). The third-order valence-corrected chi connectivity index (χ3v) is 4.62. The van der Waals surface area contributed by atoms with Gasteiger partial charge >= 0.3 is 0 Å². The van der Waals surface area contributed by atoms with E-state index in [2.05, 4.69) is 35.5 Å². The minimum Gasteiger partial charge on any atom is -0.461 e. The van der Waals surface area contributed by atoms with Crippen molar-refractivity contribution in [3.63, 3.8) is 0 Å². The molecule has 2 aliphatic rings. The molecular formula is C14H20N2OS. The number of rotatable bonds is 4. The Kier molecular flexibility index (Phi) is 3.57. The molecule has 1 aromatic rings. The van der Waals surface area contributed by atoms with Crippen LogP contribution in [0.5, 0.6) is 5.06 Å². The third-order valence-electron chi connectivity index (χ3n) is 3.55. The Balaban J connectivity index is 1.70. The van der Waals surface area contributed by atoms with Gasteiger partial charge in [-0.15, -0.1) is 11.3 Å². The van der Waals surface area contributed by atoms with Crippen molar-refractivity contribution in [2.24, 2.45) is 0 Å². The van der Waals surface area contributed by atoms with Crippen molar-refractivity contribution >= 4 is 11.3 Å². The van der Waals surface area contributed by atoms with Gasteiger partial charge in [-0.2, -0.15) is 0 Å². The largest absolute Gasteiger partial charge is 0.461 e. The highest BCUT2D eigenvalue weighted by Crippen LogP contribution is 2.32. The highest BCUT2D eigenvalue weighted by Gasteiger charge is 2.20. The average Bonchev–Trinajstić information content (AvgIpc) is 3.04. The molecule has 18 heavy (non-hydrogen) atoms. The van der Waals surface area contributed by atoms with Crippen molar-refractivity contribution < 1.29 is 4.74 Å². The summed E-state index contributed by atoms with van der Waals surface area (Å²) in [5, 5.41) is 4.49. The van der Waals surface area contributed by atoms with Crippen molar-refractivity contribution in [3.8, 4) is 5.06 Å². The molecule has 0 saturated carbocycles. The van der Waals surface area contributed by atoms with Crippen molar-refractivity contribution in [3.05, 3.63) is 28.8 Å². The second kappa shape index (κ2) is 5.33. The van der Waals surface area contributed by atoms with Crippen LogP contribution in [0.1, 0.15) is 30.2 Å². The van der Waals surface area contributed by atoms with Gasteiger partial charge in [-0.1, -0.05) is 13.0 Å². The van der Waals surface area contributed by atoms with Crippen LogP contribution in [0.4, 0.5) is 0 Å². The molecule has 4 heteroatoms. The summed E-state index contributed by atoms with van der Waals surface area (Å²) in [5.41, 5.74) is 1.47. The first-order chi connectivity index (χ1) is 8.86. The minimum atomic E-state index is 0.191. The van der Waals surface area contributed by atoms with Crippen molar-refractivity contribution in [1.29, 1.82) is 0 Å². The van der Waals surface area contributed by atoms with Crippen LogP contribution in [0, 0.1) is 0 Å². The predicted molar refractivity (Wildman–Crippen MR) is 74.9 cm³/mol. The summed E-state index contributed by atoms with van der Waals surface area (Å²) in [5.74, 6) is 0. The van der Waals surface area contributed by atoms with Crippen molar-refractivity contribution in [1.82, 2.24) is 10.2 Å². The van der Waals surface area contributed by atoms with Crippen LogP contribution in [0.25, 0.3) is 0 Å². The molecule has 0 fully saturated rings. The number of ether oxygens (including phenoxy) is 1. The van der Waals surface area contributed by atoms with Crippen molar-refractivity contribution in [2.75, 3.05) is 13.1 Å². The number of fused-ring (bicyclic) bond motifs is 1. The summed E-state index contributed by atoms with van der Waals surface area (Å²) >= 11 is 1.80. The molecule has 98 valence electrons. The zero-order valence-electron chi connectivity index (χ0n) is 10.8.